The van der Waals surface area contributed by atoms with Gasteiger partial charge in [0, 0.05) is 26.2 Å². The molecule has 192 valence electrons. The van der Waals surface area contributed by atoms with Crippen molar-refractivity contribution in [3.63, 3.8) is 0 Å². The van der Waals surface area contributed by atoms with E-state index in [1.54, 1.807) is 24.3 Å². The molecule has 1 aliphatic heterocycles. The minimum atomic E-state index is -0.278. The van der Waals surface area contributed by atoms with Gasteiger partial charge >= 0.3 is 0 Å². The second kappa shape index (κ2) is 12.6. The van der Waals surface area contributed by atoms with Gasteiger partial charge in [-0.3, -0.25) is 14.6 Å². The average molecular weight is 486 g/mol. The summed E-state index contributed by atoms with van der Waals surface area (Å²) >= 11 is 0. The van der Waals surface area contributed by atoms with Crippen molar-refractivity contribution in [2.24, 2.45) is 11.8 Å². The van der Waals surface area contributed by atoms with Gasteiger partial charge < -0.3 is 4.90 Å². The molecule has 1 fully saturated rings. The molecule has 0 aliphatic carbocycles. The molecule has 0 bridgehead atoms. The highest BCUT2D eigenvalue weighted by atomic mass is 19.1. The van der Waals surface area contributed by atoms with Gasteiger partial charge in [0.05, 0.1) is 12.1 Å². The molecule has 0 spiro atoms. The van der Waals surface area contributed by atoms with Crippen LogP contribution in [0.1, 0.15) is 57.7 Å². The number of halogens is 2. The predicted molar refractivity (Wildman–Crippen MR) is 138 cm³/mol. The summed E-state index contributed by atoms with van der Waals surface area (Å²) in [5, 5.41) is 0. The molecular weight excluding hydrogens is 444 g/mol. The van der Waals surface area contributed by atoms with Gasteiger partial charge in [-0.2, -0.15) is 0 Å². The van der Waals surface area contributed by atoms with Crippen molar-refractivity contribution in [1.29, 1.82) is 0 Å². The number of hydrogen-bond donors (Lipinski definition) is 0. The van der Waals surface area contributed by atoms with E-state index in [1.807, 2.05) is 4.90 Å². The molecule has 35 heavy (non-hydrogen) atoms. The number of benzene rings is 2. The van der Waals surface area contributed by atoms with Crippen molar-refractivity contribution in [2.75, 3.05) is 39.8 Å². The van der Waals surface area contributed by atoms with Crippen LogP contribution in [0.5, 0.6) is 0 Å². The Morgan fingerprint density at radius 1 is 0.829 bits per heavy atom. The molecule has 6 heteroatoms. The second-order valence-corrected chi connectivity index (χ2v) is 10.7. The van der Waals surface area contributed by atoms with Gasteiger partial charge in [0.25, 0.3) is 0 Å². The molecule has 1 aliphatic rings. The number of hydrogen-bond acceptors (Lipinski definition) is 3. The molecule has 3 rings (SSSR count). The van der Waals surface area contributed by atoms with Crippen molar-refractivity contribution in [3.05, 3.63) is 71.3 Å². The molecule has 4 nitrogen and oxygen atoms in total. The number of carbonyl (C=O) groups is 1. The summed E-state index contributed by atoms with van der Waals surface area (Å²) in [6.45, 7) is 12.4. The Hall–Kier alpha value is -2.31. The van der Waals surface area contributed by atoms with Crippen molar-refractivity contribution in [3.8, 4) is 0 Å². The maximum absolute atomic E-state index is 13.6. The largest absolute Gasteiger partial charge is 0.339 e. The van der Waals surface area contributed by atoms with Gasteiger partial charge in [0.1, 0.15) is 11.6 Å². The lowest BCUT2D eigenvalue weighted by Crippen LogP contribution is -2.55. The van der Waals surface area contributed by atoms with E-state index in [9.17, 15) is 13.6 Å². The second-order valence-electron chi connectivity index (χ2n) is 10.7. The molecule has 1 atom stereocenters. The summed E-state index contributed by atoms with van der Waals surface area (Å²) in [6, 6.07) is 12.8. The lowest BCUT2D eigenvalue weighted by atomic mass is 9.96. The minimum absolute atomic E-state index is 0.106. The first-order valence-electron chi connectivity index (χ1n) is 12.9. The normalized spacial score (nSPS) is 16.0. The van der Waals surface area contributed by atoms with Crippen molar-refractivity contribution in [1.82, 2.24) is 14.7 Å². The first kappa shape index (κ1) is 27.3. The fourth-order valence-corrected chi connectivity index (χ4v) is 4.85. The maximum atomic E-state index is 13.6. The summed E-state index contributed by atoms with van der Waals surface area (Å²) in [5.41, 5.74) is 1.92. The Morgan fingerprint density at radius 2 is 1.31 bits per heavy atom. The zero-order chi connectivity index (χ0) is 25.5. The highest BCUT2D eigenvalue weighted by Crippen LogP contribution is 2.30. The molecule has 1 saturated heterocycles. The zero-order valence-electron chi connectivity index (χ0n) is 21.9. The Morgan fingerprint density at radius 3 is 1.74 bits per heavy atom. The summed E-state index contributed by atoms with van der Waals surface area (Å²) in [5.74, 6) is 0.697. The minimum Gasteiger partial charge on any atom is -0.339 e. The molecular formula is C29H41F2N3O. The van der Waals surface area contributed by atoms with Crippen LogP contribution in [0.2, 0.25) is 0 Å². The fraction of sp³-hybridized carbons (Fsp3) is 0.552. The standard InChI is InChI=1S/C29H41F2N3O/c1-21(2)14-15-32(5)27(20-22(3)4)29(35)34-18-16-33(17-19-34)28(23-6-10-25(30)11-7-23)24-8-12-26(31)13-9-24/h6-13,21-22,27-28H,14-20H2,1-5H3. The Bertz CT molecular complexity index is 876. The third-order valence-corrected chi connectivity index (χ3v) is 6.93. The van der Waals surface area contributed by atoms with Gasteiger partial charge in [-0.25, -0.2) is 8.78 Å². The molecule has 0 radical (unpaired) electrons. The van der Waals surface area contributed by atoms with Crippen LogP contribution in [0.15, 0.2) is 48.5 Å². The molecule has 1 heterocycles. The summed E-state index contributed by atoms with van der Waals surface area (Å²) in [4.78, 5) is 20.1. The van der Waals surface area contributed by atoms with E-state index in [1.165, 1.54) is 24.3 Å². The average Bonchev–Trinajstić information content (AvgIpc) is 2.83. The lowest BCUT2D eigenvalue weighted by molar-refractivity contribution is -0.139. The number of piperazine rings is 1. The molecule has 2 aromatic carbocycles. The Balaban J connectivity index is 1.73. The van der Waals surface area contributed by atoms with E-state index >= 15 is 0 Å². The smallest absolute Gasteiger partial charge is 0.240 e. The van der Waals surface area contributed by atoms with Gasteiger partial charge in [-0.15, -0.1) is 0 Å². The molecule has 1 unspecified atom stereocenters. The van der Waals surface area contributed by atoms with Gasteiger partial charge in [0.2, 0.25) is 5.91 Å². The van der Waals surface area contributed by atoms with Gasteiger partial charge in [-0.05, 0) is 73.7 Å². The molecule has 2 aromatic rings. The van der Waals surface area contributed by atoms with Gasteiger partial charge in [0.15, 0.2) is 0 Å². The van der Waals surface area contributed by atoms with Crippen molar-refractivity contribution in [2.45, 2.75) is 52.6 Å². The van der Waals surface area contributed by atoms with E-state index in [-0.39, 0.29) is 29.6 Å². The topological polar surface area (TPSA) is 26.8 Å². The van der Waals surface area contributed by atoms with E-state index in [0.717, 1.165) is 30.5 Å². The molecule has 0 N–H and O–H groups in total. The fourth-order valence-electron chi connectivity index (χ4n) is 4.85. The number of nitrogens with zero attached hydrogens (tertiary/aromatic N) is 3. The first-order valence-corrected chi connectivity index (χ1v) is 12.9. The third kappa shape index (κ3) is 7.58. The quantitative estimate of drug-likeness (QED) is 0.439. The number of amides is 1. The predicted octanol–water partition coefficient (Wildman–Crippen LogP) is 5.59. The Labute approximate surface area is 209 Å². The monoisotopic (exact) mass is 485 g/mol. The van der Waals surface area contributed by atoms with Crippen LogP contribution < -0.4 is 0 Å². The lowest BCUT2D eigenvalue weighted by Gasteiger charge is -2.42. The van der Waals surface area contributed by atoms with Crippen molar-refractivity contribution >= 4 is 5.91 Å². The van der Waals surface area contributed by atoms with Crippen LogP contribution in [-0.4, -0.2) is 66.4 Å². The van der Waals surface area contributed by atoms with Gasteiger partial charge in [-0.1, -0.05) is 52.0 Å². The van der Waals surface area contributed by atoms with Crippen LogP contribution >= 0.6 is 0 Å². The summed E-state index contributed by atoms with van der Waals surface area (Å²) in [7, 11) is 2.07. The first-order chi connectivity index (χ1) is 16.7. The number of carbonyl (C=O) groups excluding carboxylic acids is 1. The molecule has 0 aromatic heterocycles. The van der Waals surface area contributed by atoms with E-state index in [2.05, 4.69) is 44.5 Å². The highest BCUT2D eigenvalue weighted by Gasteiger charge is 2.33. The SMILES string of the molecule is CC(C)CCN(C)C(CC(C)C)C(=O)N1CCN(C(c2ccc(F)cc2)c2ccc(F)cc2)CC1. The number of rotatable bonds is 10. The van der Waals surface area contributed by atoms with Crippen LogP contribution in [0.3, 0.4) is 0 Å². The molecule has 1 amide bonds. The zero-order valence-corrected chi connectivity index (χ0v) is 21.9. The maximum Gasteiger partial charge on any atom is 0.240 e. The van der Waals surface area contributed by atoms with E-state index in [0.29, 0.717) is 38.0 Å². The Kier molecular flexibility index (Phi) is 9.81. The van der Waals surface area contributed by atoms with E-state index in [4.69, 9.17) is 0 Å². The van der Waals surface area contributed by atoms with E-state index < -0.39 is 0 Å². The number of likely N-dealkylation sites (N-methyl/N-ethyl adjacent to an activating group) is 1. The third-order valence-electron chi connectivity index (χ3n) is 6.93. The van der Waals surface area contributed by atoms with Crippen molar-refractivity contribution < 1.29 is 13.6 Å². The van der Waals surface area contributed by atoms with Crippen LogP contribution in [0.4, 0.5) is 8.78 Å². The summed E-state index contributed by atoms with van der Waals surface area (Å²) < 4.78 is 27.2. The van der Waals surface area contributed by atoms with Crippen LogP contribution in [-0.2, 0) is 4.79 Å². The molecule has 0 saturated carbocycles. The summed E-state index contributed by atoms with van der Waals surface area (Å²) in [6.07, 6.45) is 1.92. The van der Waals surface area contributed by atoms with Crippen LogP contribution in [0, 0.1) is 23.5 Å². The highest BCUT2D eigenvalue weighted by molar-refractivity contribution is 5.82. The van der Waals surface area contributed by atoms with Crippen LogP contribution in [0.25, 0.3) is 0 Å².